The van der Waals surface area contributed by atoms with Crippen molar-refractivity contribution in [3.63, 3.8) is 0 Å². The minimum Gasteiger partial charge on any atom is -0.461 e. The molecule has 1 aromatic rings. The third-order valence-electron chi connectivity index (χ3n) is 3.73. The molecule has 20 heavy (non-hydrogen) atoms. The fraction of sp³-hybridized carbons (Fsp3) is 0.769. The summed E-state index contributed by atoms with van der Waals surface area (Å²) >= 11 is 0. The average molecular weight is 282 g/mol. The van der Waals surface area contributed by atoms with Gasteiger partial charge in [0, 0.05) is 13.7 Å². The van der Waals surface area contributed by atoms with E-state index < -0.39 is 5.97 Å². The van der Waals surface area contributed by atoms with Gasteiger partial charge < -0.3 is 15.2 Å². The van der Waals surface area contributed by atoms with Crippen molar-refractivity contribution in [1.29, 1.82) is 0 Å². The summed E-state index contributed by atoms with van der Waals surface area (Å²) in [6.07, 6.45) is 4.23. The minimum atomic E-state index is -0.460. The zero-order valence-corrected chi connectivity index (χ0v) is 12.0. The Kier molecular flexibility index (Phi) is 5.08. The normalized spacial score (nSPS) is 22.8. The van der Waals surface area contributed by atoms with Crippen LogP contribution in [0.3, 0.4) is 0 Å². The van der Waals surface area contributed by atoms with Crippen LogP contribution in [-0.2, 0) is 16.0 Å². The van der Waals surface area contributed by atoms with Gasteiger partial charge in [-0.3, -0.25) is 0 Å². The summed E-state index contributed by atoms with van der Waals surface area (Å²) in [6.45, 7) is 2.29. The summed E-state index contributed by atoms with van der Waals surface area (Å²) in [5.41, 5.74) is 6.64. The minimum absolute atomic E-state index is 0.183. The van der Waals surface area contributed by atoms with Crippen LogP contribution in [0, 0.1) is 0 Å². The second-order valence-corrected chi connectivity index (χ2v) is 4.93. The molecule has 1 aliphatic rings. The highest BCUT2D eigenvalue weighted by atomic mass is 16.5. The molecule has 0 bridgehead atoms. The second kappa shape index (κ2) is 6.81. The van der Waals surface area contributed by atoms with Gasteiger partial charge >= 0.3 is 5.97 Å². The Morgan fingerprint density at radius 2 is 2.30 bits per heavy atom. The number of rotatable bonds is 5. The van der Waals surface area contributed by atoms with E-state index in [1.807, 2.05) is 0 Å². The summed E-state index contributed by atoms with van der Waals surface area (Å²) < 4.78 is 12.2. The van der Waals surface area contributed by atoms with Crippen LogP contribution in [0.25, 0.3) is 0 Å². The van der Waals surface area contributed by atoms with Crippen molar-refractivity contribution >= 4 is 5.97 Å². The monoisotopic (exact) mass is 282 g/mol. The zero-order valence-electron chi connectivity index (χ0n) is 12.0. The number of aromatic nitrogens is 3. The number of hydrogen-bond donors (Lipinski definition) is 1. The van der Waals surface area contributed by atoms with Gasteiger partial charge in [-0.05, 0) is 32.6 Å². The van der Waals surface area contributed by atoms with Gasteiger partial charge in [-0.15, -0.1) is 5.10 Å². The summed E-state index contributed by atoms with van der Waals surface area (Å²) in [5, 5.41) is 8.06. The van der Waals surface area contributed by atoms with Crippen LogP contribution in [0.1, 0.15) is 54.8 Å². The van der Waals surface area contributed by atoms with E-state index in [1.54, 1.807) is 18.7 Å². The molecule has 1 aliphatic carbocycles. The van der Waals surface area contributed by atoms with Crippen LogP contribution >= 0.6 is 0 Å². The lowest BCUT2D eigenvalue weighted by Gasteiger charge is -2.28. The quantitative estimate of drug-likeness (QED) is 0.811. The van der Waals surface area contributed by atoms with E-state index in [0.717, 1.165) is 25.7 Å². The number of hydrogen-bond acceptors (Lipinski definition) is 6. The molecule has 112 valence electrons. The van der Waals surface area contributed by atoms with Gasteiger partial charge in [0.1, 0.15) is 0 Å². The van der Waals surface area contributed by atoms with E-state index in [9.17, 15) is 4.79 Å². The topological polar surface area (TPSA) is 92.3 Å². The second-order valence-electron chi connectivity index (χ2n) is 4.93. The molecule has 0 spiro atoms. The predicted molar refractivity (Wildman–Crippen MR) is 72.2 cm³/mol. The lowest BCUT2D eigenvalue weighted by atomic mass is 9.93. The van der Waals surface area contributed by atoms with Crippen LogP contribution < -0.4 is 5.73 Å². The zero-order chi connectivity index (χ0) is 14.5. The molecule has 7 heteroatoms. The number of methoxy groups -OCH3 is 1. The third kappa shape index (κ3) is 2.99. The summed E-state index contributed by atoms with van der Waals surface area (Å²) in [4.78, 5) is 11.8. The van der Waals surface area contributed by atoms with Gasteiger partial charge in [0.05, 0.1) is 24.4 Å². The number of nitrogens with two attached hydrogens (primary N) is 1. The van der Waals surface area contributed by atoms with E-state index in [2.05, 4.69) is 10.3 Å². The Morgan fingerprint density at radius 1 is 1.50 bits per heavy atom. The van der Waals surface area contributed by atoms with E-state index in [0.29, 0.717) is 12.3 Å². The Bertz CT molecular complexity index is 460. The largest absolute Gasteiger partial charge is 0.461 e. The molecule has 0 saturated heterocycles. The molecule has 2 atom stereocenters. The summed E-state index contributed by atoms with van der Waals surface area (Å²) in [7, 11) is 1.72. The molecule has 2 N–H and O–H groups in total. The highest BCUT2D eigenvalue weighted by Crippen LogP contribution is 2.30. The molecule has 0 aromatic carbocycles. The SMILES string of the molecule is CCOC(=O)c1nnn(C2CCCC(OC)C2)c1CN. The first-order chi connectivity index (χ1) is 9.71. The molecule has 1 saturated carbocycles. The van der Waals surface area contributed by atoms with Crippen molar-refractivity contribution in [3.05, 3.63) is 11.4 Å². The number of esters is 1. The van der Waals surface area contributed by atoms with Gasteiger partial charge in [-0.2, -0.15) is 0 Å². The molecule has 1 fully saturated rings. The van der Waals surface area contributed by atoms with Crippen LogP contribution in [-0.4, -0.2) is 40.8 Å². The Morgan fingerprint density at radius 3 is 2.95 bits per heavy atom. The number of carbonyl (C=O) groups is 1. The van der Waals surface area contributed by atoms with E-state index in [1.165, 1.54) is 0 Å². The summed E-state index contributed by atoms with van der Waals surface area (Å²) in [5.74, 6) is -0.460. The standard InChI is InChI=1S/C13H22N4O3/c1-3-20-13(18)12-11(8-14)17(16-15-12)9-5-4-6-10(7-9)19-2/h9-10H,3-8,14H2,1-2H3. The van der Waals surface area contributed by atoms with Crippen molar-refractivity contribution in [2.75, 3.05) is 13.7 Å². The maximum atomic E-state index is 11.8. The number of nitrogens with zero attached hydrogens (tertiary/aromatic N) is 3. The smallest absolute Gasteiger partial charge is 0.360 e. The molecule has 0 aliphatic heterocycles. The molecule has 7 nitrogen and oxygen atoms in total. The number of carbonyl (C=O) groups excluding carboxylic acids is 1. The Balaban J connectivity index is 2.21. The predicted octanol–water partition coefficient (Wildman–Crippen LogP) is 1.04. The van der Waals surface area contributed by atoms with Gasteiger partial charge in [0.2, 0.25) is 0 Å². The maximum absolute atomic E-state index is 11.8. The van der Waals surface area contributed by atoms with Crippen molar-refractivity contribution < 1.29 is 14.3 Å². The van der Waals surface area contributed by atoms with E-state index in [4.69, 9.17) is 15.2 Å². The lowest BCUT2D eigenvalue weighted by molar-refractivity contribution is 0.0497. The molecular formula is C13H22N4O3. The fourth-order valence-corrected chi connectivity index (χ4v) is 2.71. The molecule has 2 unspecified atom stereocenters. The fourth-order valence-electron chi connectivity index (χ4n) is 2.71. The average Bonchev–Trinajstić information content (AvgIpc) is 2.91. The highest BCUT2D eigenvalue weighted by Gasteiger charge is 2.28. The Hall–Kier alpha value is -1.47. The van der Waals surface area contributed by atoms with Gasteiger partial charge in [-0.25, -0.2) is 9.48 Å². The number of ether oxygens (including phenoxy) is 2. The van der Waals surface area contributed by atoms with Crippen LogP contribution in [0.15, 0.2) is 0 Å². The molecule has 0 amide bonds. The van der Waals surface area contributed by atoms with Gasteiger partial charge in [-0.1, -0.05) is 5.21 Å². The molecule has 1 heterocycles. The molecular weight excluding hydrogens is 260 g/mol. The maximum Gasteiger partial charge on any atom is 0.360 e. The van der Waals surface area contributed by atoms with E-state index >= 15 is 0 Å². The lowest BCUT2D eigenvalue weighted by Crippen LogP contribution is -2.27. The Labute approximate surface area is 118 Å². The van der Waals surface area contributed by atoms with Crippen molar-refractivity contribution in [2.24, 2.45) is 5.73 Å². The molecule has 0 radical (unpaired) electrons. The van der Waals surface area contributed by atoms with Crippen molar-refractivity contribution in [3.8, 4) is 0 Å². The molecule has 1 aromatic heterocycles. The first-order valence-electron chi connectivity index (χ1n) is 7.05. The van der Waals surface area contributed by atoms with Crippen molar-refractivity contribution in [1.82, 2.24) is 15.0 Å². The molecule has 2 rings (SSSR count). The summed E-state index contributed by atoms with van der Waals surface area (Å²) in [6, 6.07) is 0.183. The highest BCUT2D eigenvalue weighted by molar-refractivity contribution is 5.88. The first kappa shape index (κ1) is 14.9. The van der Waals surface area contributed by atoms with E-state index in [-0.39, 0.29) is 24.4 Å². The van der Waals surface area contributed by atoms with Crippen LogP contribution in [0.2, 0.25) is 0 Å². The van der Waals surface area contributed by atoms with Gasteiger partial charge in [0.25, 0.3) is 0 Å². The third-order valence-corrected chi connectivity index (χ3v) is 3.73. The van der Waals surface area contributed by atoms with Crippen molar-refractivity contribution in [2.45, 2.75) is 51.3 Å². The van der Waals surface area contributed by atoms with Gasteiger partial charge in [0.15, 0.2) is 5.69 Å². The first-order valence-corrected chi connectivity index (χ1v) is 7.05. The van der Waals surface area contributed by atoms with Crippen LogP contribution in [0.4, 0.5) is 0 Å². The van der Waals surface area contributed by atoms with Crippen LogP contribution in [0.5, 0.6) is 0 Å².